The molecule has 0 aromatic rings. The van der Waals surface area contributed by atoms with E-state index in [0.29, 0.717) is 29.3 Å². The average molecular weight is 327 g/mol. The normalized spacial score (nSPS) is 36.4. The van der Waals surface area contributed by atoms with Gasteiger partial charge in [0, 0.05) is 31.6 Å². The highest BCUT2D eigenvalue weighted by atomic mass is 35.5. The van der Waals surface area contributed by atoms with Crippen LogP contribution in [0.25, 0.3) is 0 Å². The van der Waals surface area contributed by atoms with Crippen molar-refractivity contribution in [2.24, 2.45) is 11.3 Å². The highest BCUT2D eigenvalue weighted by Crippen LogP contribution is 2.44. The number of carbonyl (C=O) groups is 1. The van der Waals surface area contributed by atoms with Gasteiger partial charge in [0.15, 0.2) is 0 Å². The van der Waals surface area contributed by atoms with Crippen LogP contribution in [0.15, 0.2) is 0 Å². The first-order valence-electron chi connectivity index (χ1n) is 9.26. The predicted molar refractivity (Wildman–Crippen MR) is 91.2 cm³/mol. The van der Waals surface area contributed by atoms with Gasteiger partial charge in [0.05, 0.1) is 0 Å². The van der Waals surface area contributed by atoms with Crippen molar-refractivity contribution in [3.63, 3.8) is 0 Å². The van der Waals surface area contributed by atoms with Gasteiger partial charge in [0.2, 0.25) is 5.91 Å². The fourth-order valence-electron chi connectivity index (χ4n) is 5.58. The molecule has 0 aromatic carbocycles. The zero-order valence-corrected chi connectivity index (χ0v) is 14.5. The average Bonchev–Trinajstić information content (AvgIpc) is 3.04. The molecule has 1 amide bonds. The molecule has 2 unspecified atom stereocenters. The Morgan fingerprint density at radius 1 is 1.05 bits per heavy atom. The number of likely N-dealkylation sites (tertiary alicyclic amines) is 1. The number of amides is 1. The molecule has 126 valence electrons. The van der Waals surface area contributed by atoms with Gasteiger partial charge in [-0.15, -0.1) is 12.4 Å². The number of nitrogens with zero attached hydrogens (tertiary/aromatic N) is 1. The molecule has 4 rings (SSSR count). The Labute approximate surface area is 141 Å². The third kappa shape index (κ3) is 3.31. The molecule has 0 radical (unpaired) electrons. The van der Waals surface area contributed by atoms with Crippen molar-refractivity contribution in [1.29, 1.82) is 0 Å². The van der Waals surface area contributed by atoms with E-state index in [1.165, 1.54) is 64.2 Å². The molecular weight excluding hydrogens is 296 g/mol. The second-order valence-electron chi connectivity index (χ2n) is 8.31. The van der Waals surface area contributed by atoms with E-state index in [-0.39, 0.29) is 12.4 Å². The summed E-state index contributed by atoms with van der Waals surface area (Å²) < 4.78 is 0. The maximum absolute atomic E-state index is 12.7. The Morgan fingerprint density at radius 3 is 2.41 bits per heavy atom. The Hall–Kier alpha value is -0.280. The number of nitrogens with one attached hydrogen (secondary N) is 1. The number of carbonyl (C=O) groups excluding carboxylic acids is 1. The third-order valence-electron chi connectivity index (χ3n) is 6.74. The van der Waals surface area contributed by atoms with Crippen molar-refractivity contribution < 1.29 is 4.79 Å². The molecule has 4 heteroatoms. The zero-order valence-electron chi connectivity index (χ0n) is 13.7. The minimum Gasteiger partial charge on any atom is -0.342 e. The summed E-state index contributed by atoms with van der Waals surface area (Å²) in [4.78, 5) is 14.9. The summed E-state index contributed by atoms with van der Waals surface area (Å²) in [5.41, 5.74) is 0.515. The molecule has 4 fully saturated rings. The van der Waals surface area contributed by atoms with E-state index >= 15 is 0 Å². The van der Waals surface area contributed by atoms with Crippen molar-refractivity contribution in [2.75, 3.05) is 13.1 Å². The Bertz CT molecular complexity index is 396. The molecule has 1 spiro atoms. The predicted octanol–water partition coefficient (Wildman–Crippen LogP) is 3.51. The van der Waals surface area contributed by atoms with Crippen molar-refractivity contribution in [1.82, 2.24) is 10.2 Å². The molecule has 22 heavy (non-hydrogen) atoms. The lowest BCUT2D eigenvalue weighted by atomic mass is 9.73. The number of halogens is 1. The van der Waals surface area contributed by atoms with E-state index in [1.807, 2.05) is 0 Å². The van der Waals surface area contributed by atoms with E-state index in [1.54, 1.807) is 0 Å². The number of hydrogen-bond donors (Lipinski definition) is 1. The summed E-state index contributed by atoms with van der Waals surface area (Å²) >= 11 is 0. The van der Waals surface area contributed by atoms with Gasteiger partial charge < -0.3 is 10.2 Å². The third-order valence-corrected chi connectivity index (χ3v) is 6.74. The van der Waals surface area contributed by atoms with Crippen molar-refractivity contribution in [3.8, 4) is 0 Å². The van der Waals surface area contributed by atoms with E-state index in [2.05, 4.69) is 10.2 Å². The van der Waals surface area contributed by atoms with Crippen LogP contribution >= 0.6 is 12.4 Å². The summed E-state index contributed by atoms with van der Waals surface area (Å²) in [7, 11) is 0. The van der Waals surface area contributed by atoms with Crippen LogP contribution in [0, 0.1) is 11.3 Å². The van der Waals surface area contributed by atoms with Crippen LogP contribution in [0.2, 0.25) is 0 Å². The largest absolute Gasteiger partial charge is 0.342 e. The van der Waals surface area contributed by atoms with Crippen LogP contribution in [0.5, 0.6) is 0 Å². The first-order chi connectivity index (χ1) is 10.2. The van der Waals surface area contributed by atoms with Crippen LogP contribution in [0.1, 0.15) is 70.6 Å². The molecule has 1 saturated carbocycles. The fourth-order valence-corrected chi connectivity index (χ4v) is 5.58. The number of piperidine rings is 1. The quantitative estimate of drug-likeness (QED) is 0.842. The van der Waals surface area contributed by atoms with Crippen molar-refractivity contribution >= 4 is 18.3 Å². The fraction of sp³-hybridized carbons (Fsp3) is 0.944. The topological polar surface area (TPSA) is 32.3 Å². The molecule has 3 saturated heterocycles. The van der Waals surface area contributed by atoms with Gasteiger partial charge in [-0.25, -0.2) is 0 Å². The minimum atomic E-state index is 0. The van der Waals surface area contributed by atoms with Crippen LogP contribution in [0.3, 0.4) is 0 Å². The van der Waals surface area contributed by atoms with E-state index < -0.39 is 0 Å². The first-order valence-corrected chi connectivity index (χ1v) is 9.26. The molecule has 2 bridgehead atoms. The lowest BCUT2D eigenvalue weighted by molar-refractivity contribution is -0.132. The van der Waals surface area contributed by atoms with Gasteiger partial charge in [-0.1, -0.05) is 19.3 Å². The molecule has 4 aliphatic rings. The molecule has 3 aliphatic heterocycles. The van der Waals surface area contributed by atoms with Gasteiger partial charge in [0.1, 0.15) is 0 Å². The minimum absolute atomic E-state index is 0. The monoisotopic (exact) mass is 326 g/mol. The van der Waals surface area contributed by atoms with Crippen LogP contribution in [0.4, 0.5) is 0 Å². The van der Waals surface area contributed by atoms with Crippen LogP contribution < -0.4 is 5.32 Å². The maximum Gasteiger partial charge on any atom is 0.222 e. The standard InChI is InChI=1S/C18H30N2O.ClH/c21-17(12-14-10-15-4-5-16(11-14)19-15)20-9-8-18(13-20)6-2-1-3-7-18;/h14-16,19H,1-13H2;1H. The first kappa shape index (κ1) is 16.6. The summed E-state index contributed by atoms with van der Waals surface area (Å²) in [5.74, 6) is 1.11. The smallest absolute Gasteiger partial charge is 0.222 e. The molecular formula is C18H31ClN2O. The highest BCUT2D eigenvalue weighted by molar-refractivity contribution is 5.85. The molecule has 3 nitrogen and oxygen atoms in total. The second-order valence-corrected chi connectivity index (χ2v) is 8.31. The Balaban J connectivity index is 0.00000144. The molecule has 2 atom stereocenters. The van der Waals surface area contributed by atoms with E-state index in [0.717, 1.165) is 19.5 Å². The highest BCUT2D eigenvalue weighted by Gasteiger charge is 2.41. The summed E-state index contributed by atoms with van der Waals surface area (Å²) in [6.45, 7) is 2.11. The molecule has 1 N–H and O–H groups in total. The van der Waals surface area contributed by atoms with Crippen molar-refractivity contribution in [3.05, 3.63) is 0 Å². The van der Waals surface area contributed by atoms with Gasteiger partial charge in [-0.3, -0.25) is 4.79 Å². The lowest BCUT2D eigenvalue weighted by Crippen LogP contribution is -2.40. The van der Waals surface area contributed by atoms with Gasteiger partial charge in [-0.05, 0) is 56.3 Å². The van der Waals surface area contributed by atoms with E-state index in [9.17, 15) is 4.79 Å². The van der Waals surface area contributed by atoms with Gasteiger partial charge in [0.25, 0.3) is 0 Å². The summed E-state index contributed by atoms with van der Waals surface area (Å²) in [6, 6.07) is 1.43. The van der Waals surface area contributed by atoms with Crippen molar-refractivity contribution in [2.45, 2.75) is 82.7 Å². The van der Waals surface area contributed by atoms with Gasteiger partial charge in [-0.2, -0.15) is 0 Å². The number of fused-ring (bicyclic) bond motifs is 2. The Morgan fingerprint density at radius 2 is 1.73 bits per heavy atom. The summed E-state index contributed by atoms with van der Waals surface area (Å²) in [6.07, 6.45) is 14.2. The van der Waals surface area contributed by atoms with E-state index in [4.69, 9.17) is 0 Å². The zero-order chi connectivity index (χ0) is 14.3. The lowest BCUT2D eigenvalue weighted by Gasteiger charge is -2.34. The molecule has 3 heterocycles. The summed E-state index contributed by atoms with van der Waals surface area (Å²) in [5, 5.41) is 3.68. The Kier molecular flexibility index (Phi) is 5.04. The number of hydrogen-bond acceptors (Lipinski definition) is 2. The number of rotatable bonds is 2. The SMILES string of the molecule is Cl.O=C(CC1CC2CCC(C1)N2)N1CCC2(CCCCC2)C1. The van der Waals surface area contributed by atoms with Crippen LogP contribution in [-0.2, 0) is 4.79 Å². The maximum atomic E-state index is 12.7. The van der Waals surface area contributed by atoms with Crippen LogP contribution in [-0.4, -0.2) is 36.0 Å². The second kappa shape index (κ2) is 6.68. The van der Waals surface area contributed by atoms with Gasteiger partial charge >= 0.3 is 0 Å². The molecule has 0 aromatic heterocycles. The molecule has 1 aliphatic carbocycles.